The monoisotopic (exact) mass is 262 g/mol. The molecule has 0 amide bonds. The van der Waals surface area contributed by atoms with Gasteiger partial charge < -0.3 is 10.6 Å². The average Bonchev–Trinajstić information content (AvgIpc) is 2.54. The van der Waals surface area contributed by atoms with Crippen molar-refractivity contribution in [2.24, 2.45) is 5.73 Å². The number of benzene rings is 3. The molecule has 0 unspecified atom stereocenters. The van der Waals surface area contributed by atoms with Crippen molar-refractivity contribution in [2.75, 3.05) is 11.9 Å². The molecule has 20 heavy (non-hydrogen) atoms. The highest BCUT2D eigenvalue weighted by molar-refractivity contribution is 5.95. The fraction of sp³-hybridized carbons (Fsp3) is 0.111. The SMILES string of the molecule is CN(c1ccc(CN)cc1)c1cccc2ccccc12. The third-order valence-electron chi connectivity index (χ3n) is 3.69. The summed E-state index contributed by atoms with van der Waals surface area (Å²) >= 11 is 0. The molecule has 0 saturated carbocycles. The van der Waals surface area contributed by atoms with Gasteiger partial charge in [-0.05, 0) is 29.1 Å². The van der Waals surface area contributed by atoms with Gasteiger partial charge in [-0.3, -0.25) is 0 Å². The van der Waals surface area contributed by atoms with Crippen LogP contribution >= 0.6 is 0 Å². The van der Waals surface area contributed by atoms with E-state index in [2.05, 4.69) is 78.7 Å². The van der Waals surface area contributed by atoms with Crippen molar-refractivity contribution in [3.05, 3.63) is 72.3 Å². The molecular formula is C18H18N2. The minimum absolute atomic E-state index is 0.582. The molecule has 0 aliphatic carbocycles. The number of rotatable bonds is 3. The van der Waals surface area contributed by atoms with Gasteiger partial charge in [-0.1, -0.05) is 48.5 Å². The van der Waals surface area contributed by atoms with E-state index >= 15 is 0 Å². The molecule has 0 aliphatic rings. The van der Waals surface area contributed by atoms with Crippen molar-refractivity contribution in [3.8, 4) is 0 Å². The number of hydrogen-bond acceptors (Lipinski definition) is 2. The third-order valence-corrected chi connectivity index (χ3v) is 3.69. The second kappa shape index (κ2) is 5.35. The number of hydrogen-bond donors (Lipinski definition) is 1. The predicted molar refractivity (Wildman–Crippen MR) is 86.3 cm³/mol. The number of fused-ring (bicyclic) bond motifs is 1. The van der Waals surface area contributed by atoms with Gasteiger partial charge in [0.15, 0.2) is 0 Å². The summed E-state index contributed by atoms with van der Waals surface area (Å²) in [5, 5.41) is 2.52. The first-order valence-corrected chi connectivity index (χ1v) is 6.80. The Hall–Kier alpha value is -2.32. The van der Waals surface area contributed by atoms with Crippen LogP contribution in [0.15, 0.2) is 66.7 Å². The van der Waals surface area contributed by atoms with E-state index in [1.165, 1.54) is 22.1 Å². The lowest BCUT2D eigenvalue weighted by Crippen LogP contribution is -2.10. The molecule has 0 spiro atoms. The maximum Gasteiger partial charge on any atom is 0.0487 e. The number of nitrogens with zero attached hydrogens (tertiary/aromatic N) is 1. The highest BCUT2D eigenvalue weighted by Crippen LogP contribution is 2.30. The predicted octanol–water partition coefficient (Wildman–Crippen LogP) is 4.07. The summed E-state index contributed by atoms with van der Waals surface area (Å²) < 4.78 is 0. The first kappa shape index (κ1) is 12.7. The molecule has 3 rings (SSSR count). The molecule has 0 fully saturated rings. The van der Waals surface area contributed by atoms with Crippen LogP contribution < -0.4 is 10.6 Å². The van der Waals surface area contributed by atoms with E-state index in [0.29, 0.717) is 6.54 Å². The molecular weight excluding hydrogens is 244 g/mol. The summed E-state index contributed by atoms with van der Waals surface area (Å²) in [5.41, 5.74) is 9.18. The van der Waals surface area contributed by atoms with E-state index in [4.69, 9.17) is 5.73 Å². The van der Waals surface area contributed by atoms with E-state index in [9.17, 15) is 0 Å². The first-order chi connectivity index (χ1) is 9.79. The van der Waals surface area contributed by atoms with E-state index in [-0.39, 0.29) is 0 Å². The first-order valence-electron chi connectivity index (χ1n) is 6.80. The zero-order chi connectivity index (χ0) is 13.9. The van der Waals surface area contributed by atoms with Crippen molar-refractivity contribution in [1.82, 2.24) is 0 Å². The van der Waals surface area contributed by atoms with Crippen LogP contribution in [0, 0.1) is 0 Å². The Morgan fingerprint density at radius 1 is 0.850 bits per heavy atom. The Morgan fingerprint density at radius 3 is 2.30 bits per heavy atom. The molecule has 2 N–H and O–H groups in total. The van der Waals surface area contributed by atoms with Gasteiger partial charge in [-0.15, -0.1) is 0 Å². The van der Waals surface area contributed by atoms with E-state index in [0.717, 1.165) is 5.56 Å². The van der Waals surface area contributed by atoms with Crippen LogP contribution in [-0.2, 0) is 6.54 Å². The number of nitrogens with two attached hydrogens (primary N) is 1. The summed E-state index contributed by atoms with van der Waals surface area (Å²) in [6.07, 6.45) is 0. The summed E-state index contributed by atoms with van der Waals surface area (Å²) in [7, 11) is 2.10. The lowest BCUT2D eigenvalue weighted by molar-refractivity contribution is 1.07. The molecule has 2 nitrogen and oxygen atoms in total. The van der Waals surface area contributed by atoms with Gasteiger partial charge in [0.2, 0.25) is 0 Å². The van der Waals surface area contributed by atoms with Gasteiger partial charge in [-0.25, -0.2) is 0 Å². The van der Waals surface area contributed by atoms with E-state index in [1.54, 1.807) is 0 Å². The van der Waals surface area contributed by atoms with Gasteiger partial charge in [0, 0.05) is 30.4 Å². The van der Waals surface area contributed by atoms with Crippen LogP contribution in [0.25, 0.3) is 10.8 Å². The fourth-order valence-corrected chi connectivity index (χ4v) is 2.50. The van der Waals surface area contributed by atoms with Crippen molar-refractivity contribution < 1.29 is 0 Å². The zero-order valence-electron chi connectivity index (χ0n) is 11.6. The fourth-order valence-electron chi connectivity index (χ4n) is 2.50. The van der Waals surface area contributed by atoms with Gasteiger partial charge in [0.1, 0.15) is 0 Å². The Labute approximate surface area is 119 Å². The Balaban J connectivity index is 2.05. The smallest absolute Gasteiger partial charge is 0.0487 e. The average molecular weight is 262 g/mol. The largest absolute Gasteiger partial charge is 0.344 e. The Morgan fingerprint density at radius 2 is 1.55 bits per heavy atom. The van der Waals surface area contributed by atoms with Gasteiger partial charge in [-0.2, -0.15) is 0 Å². The molecule has 0 aliphatic heterocycles. The summed E-state index contributed by atoms with van der Waals surface area (Å²) in [6.45, 7) is 0.582. The Kier molecular flexibility index (Phi) is 3.40. The quantitative estimate of drug-likeness (QED) is 0.771. The second-order valence-corrected chi connectivity index (χ2v) is 4.93. The molecule has 0 saturated heterocycles. The zero-order valence-corrected chi connectivity index (χ0v) is 11.6. The molecule has 2 heteroatoms. The van der Waals surface area contributed by atoms with Gasteiger partial charge in [0.25, 0.3) is 0 Å². The third kappa shape index (κ3) is 2.26. The molecule has 100 valence electrons. The lowest BCUT2D eigenvalue weighted by Gasteiger charge is -2.21. The van der Waals surface area contributed by atoms with E-state index in [1.807, 2.05) is 0 Å². The van der Waals surface area contributed by atoms with Crippen molar-refractivity contribution in [3.63, 3.8) is 0 Å². The van der Waals surface area contributed by atoms with Crippen molar-refractivity contribution in [2.45, 2.75) is 6.54 Å². The topological polar surface area (TPSA) is 29.3 Å². The van der Waals surface area contributed by atoms with Crippen LogP contribution in [0.2, 0.25) is 0 Å². The highest BCUT2D eigenvalue weighted by Gasteiger charge is 2.07. The van der Waals surface area contributed by atoms with Crippen molar-refractivity contribution >= 4 is 22.1 Å². The summed E-state index contributed by atoms with van der Waals surface area (Å²) in [4.78, 5) is 2.21. The van der Waals surface area contributed by atoms with Crippen LogP contribution in [0.1, 0.15) is 5.56 Å². The second-order valence-electron chi connectivity index (χ2n) is 4.93. The summed E-state index contributed by atoms with van der Waals surface area (Å²) in [5.74, 6) is 0. The maximum atomic E-state index is 5.65. The molecule has 0 heterocycles. The minimum atomic E-state index is 0.582. The minimum Gasteiger partial charge on any atom is -0.344 e. The molecule has 0 radical (unpaired) electrons. The van der Waals surface area contributed by atoms with Gasteiger partial charge >= 0.3 is 0 Å². The van der Waals surface area contributed by atoms with Crippen LogP contribution in [-0.4, -0.2) is 7.05 Å². The Bertz CT molecular complexity index is 712. The normalized spacial score (nSPS) is 10.7. The van der Waals surface area contributed by atoms with Crippen molar-refractivity contribution in [1.29, 1.82) is 0 Å². The van der Waals surface area contributed by atoms with E-state index < -0.39 is 0 Å². The molecule has 0 atom stereocenters. The molecule has 3 aromatic rings. The maximum absolute atomic E-state index is 5.65. The molecule has 0 aromatic heterocycles. The summed E-state index contributed by atoms with van der Waals surface area (Å²) in [6, 6.07) is 23.2. The standard InChI is InChI=1S/C18H18N2/c1-20(16-11-9-14(13-19)10-12-16)18-8-4-6-15-5-2-3-7-17(15)18/h2-12H,13,19H2,1H3. The van der Waals surface area contributed by atoms with Crippen LogP contribution in [0.3, 0.4) is 0 Å². The molecule has 0 bridgehead atoms. The highest BCUT2D eigenvalue weighted by atomic mass is 15.1. The number of anilines is 2. The van der Waals surface area contributed by atoms with Crippen LogP contribution in [0.4, 0.5) is 11.4 Å². The lowest BCUT2D eigenvalue weighted by atomic mass is 10.1. The van der Waals surface area contributed by atoms with Crippen LogP contribution in [0.5, 0.6) is 0 Å². The van der Waals surface area contributed by atoms with Gasteiger partial charge in [0.05, 0.1) is 0 Å². The molecule has 3 aromatic carbocycles.